The molecule has 0 aliphatic heterocycles. The fraction of sp³-hybridized carbons (Fsp3) is 1.00. The number of hydrogen-bond acceptors (Lipinski definition) is 2. The summed E-state index contributed by atoms with van der Waals surface area (Å²) in [5, 5.41) is 0. The molecule has 0 radical (unpaired) electrons. The zero-order chi connectivity index (χ0) is 25.6. The van der Waals surface area contributed by atoms with Crippen LogP contribution >= 0.6 is 0 Å². The summed E-state index contributed by atoms with van der Waals surface area (Å²) in [5.41, 5.74) is 0. The molecular weight excluding hydrogens is 476 g/mol. The molecule has 1 unspecified atom stereocenters. The minimum Gasteiger partial charge on any atom is -0.328 e. The van der Waals surface area contributed by atoms with Crippen LogP contribution in [0.4, 0.5) is 52.7 Å². The first-order chi connectivity index (χ1) is 14.2. The van der Waals surface area contributed by atoms with E-state index in [1.165, 1.54) is 0 Å². The highest BCUT2D eigenvalue weighted by atomic mass is 19.4. The van der Waals surface area contributed by atoms with Crippen LogP contribution in [0.5, 0.6) is 0 Å². The number of unbranched alkanes of at least 4 members (excludes halogenated alkanes) is 5. The molecule has 0 spiro atoms. The second-order valence-electron chi connectivity index (χ2n) is 7.64. The lowest BCUT2D eigenvalue weighted by atomic mass is 9.94. The van der Waals surface area contributed by atoms with Crippen LogP contribution < -0.4 is 0 Å². The Morgan fingerprint density at radius 1 is 0.562 bits per heavy atom. The van der Waals surface area contributed by atoms with Gasteiger partial charge >= 0.3 is 24.7 Å². The maximum Gasteiger partial charge on any atom is 0.423 e. The number of hydrogen-bond donors (Lipinski definition) is 0. The summed E-state index contributed by atoms with van der Waals surface area (Å²) in [6.45, 7) is 3.01. The van der Waals surface area contributed by atoms with E-state index in [-0.39, 0.29) is 19.8 Å². The lowest BCUT2D eigenvalue weighted by Gasteiger charge is -2.42. The molecule has 0 saturated heterocycles. The first-order valence-electron chi connectivity index (χ1n) is 9.78. The summed E-state index contributed by atoms with van der Waals surface area (Å²) < 4.78 is 162. The fourth-order valence-electron chi connectivity index (χ4n) is 2.86. The molecule has 32 heavy (non-hydrogen) atoms. The first kappa shape index (κ1) is 31.1. The maximum absolute atomic E-state index is 12.9. The highest BCUT2D eigenvalue weighted by Crippen LogP contribution is 2.45. The van der Waals surface area contributed by atoms with Gasteiger partial charge in [0.05, 0.1) is 0 Å². The minimum atomic E-state index is -6.16. The molecular formula is C18H26F12O2. The van der Waals surface area contributed by atoms with Crippen molar-refractivity contribution < 1.29 is 62.2 Å². The normalized spacial score (nSPS) is 15.7. The molecule has 2 nitrogen and oxygen atoms in total. The molecule has 0 aliphatic carbocycles. The quantitative estimate of drug-likeness (QED) is 0.153. The third kappa shape index (κ3) is 10.3. The van der Waals surface area contributed by atoms with Crippen molar-refractivity contribution in [2.45, 2.75) is 108 Å². The van der Waals surface area contributed by atoms with Crippen molar-refractivity contribution in [3.05, 3.63) is 0 Å². The Labute approximate surface area is 177 Å². The monoisotopic (exact) mass is 502 g/mol. The fourth-order valence-corrected chi connectivity index (χ4v) is 2.86. The standard InChI is InChI=1S/C18H26F12O2/c1-4-5-6-7-8-9-10-11(2)14(3,31-12(15(19,20)21)16(22,23)24)32-13(17(25,26)27)18(28,29)30/h11-13H,4-10H2,1-3H3. The summed E-state index contributed by atoms with van der Waals surface area (Å²) in [4.78, 5) is 0. The smallest absolute Gasteiger partial charge is 0.328 e. The molecule has 0 heterocycles. The van der Waals surface area contributed by atoms with Crippen LogP contribution in [0.15, 0.2) is 0 Å². The SMILES string of the molecule is CCCCCCCCC(C)C(C)(OC(C(F)(F)F)C(F)(F)F)OC(C(F)(F)F)C(F)(F)F. The van der Waals surface area contributed by atoms with Crippen LogP contribution in [0, 0.1) is 5.92 Å². The average molecular weight is 502 g/mol. The van der Waals surface area contributed by atoms with E-state index in [9.17, 15) is 52.7 Å². The van der Waals surface area contributed by atoms with E-state index in [4.69, 9.17) is 0 Å². The maximum atomic E-state index is 12.9. The van der Waals surface area contributed by atoms with Crippen molar-refractivity contribution >= 4 is 0 Å². The predicted molar refractivity (Wildman–Crippen MR) is 89.5 cm³/mol. The molecule has 1 atom stereocenters. The Kier molecular flexibility index (Phi) is 11.1. The van der Waals surface area contributed by atoms with Gasteiger partial charge in [-0.25, -0.2) is 0 Å². The van der Waals surface area contributed by atoms with E-state index in [1.54, 1.807) is 0 Å². The number of alkyl halides is 12. The van der Waals surface area contributed by atoms with Crippen LogP contribution in [0.2, 0.25) is 0 Å². The van der Waals surface area contributed by atoms with Gasteiger partial charge in [-0.3, -0.25) is 0 Å². The average Bonchev–Trinajstić information content (AvgIpc) is 2.56. The molecule has 0 rings (SSSR count). The molecule has 0 aromatic heterocycles. The Balaban J connectivity index is 5.89. The van der Waals surface area contributed by atoms with Gasteiger partial charge in [0.1, 0.15) is 0 Å². The Hall–Kier alpha value is -0.920. The van der Waals surface area contributed by atoms with Crippen molar-refractivity contribution in [2.75, 3.05) is 0 Å². The van der Waals surface area contributed by atoms with E-state index in [0.717, 1.165) is 26.2 Å². The molecule has 194 valence electrons. The summed E-state index contributed by atoms with van der Waals surface area (Å²) >= 11 is 0. The van der Waals surface area contributed by atoms with Crippen molar-refractivity contribution in [3.8, 4) is 0 Å². The van der Waals surface area contributed by atoms with Gasteiger partial charge in [0, 0.05) is 5.92 Å². The summed E-state index contributed by atoms with van der Waals surface area (Å²) in [5.74, 6) is -5.18. The number of ether oxygens (including phenoxy) is 2. The van der Waals surface area contributed by atoms with Crippen molar-refractivity contribution in [1.29, 1.82) is 0 Å². The summed E-state index contributed by atoms with van der Waals surface area (Å²) in [6.07, 6.45) is -30.6. The second kappa shape index (κ2) is 11.5. The zero-order valence-electron chi connectivity index (χ0n) is 17.5. The molecule has 0 aromatic rings. The first-order valence-corrected chi connectivity index (χ1v) is 9.78. The Morgan fingerprint density at radius 2 is 0.875 bits per heavy atom. The van der Waals surface area contributed by atoms with Crippen LogP contribution in [0.3, 0.4) is 0 Å². The van der Waals surface area contributed by atoms with Gasteiger partial charge in [-0.05, 0) is 13.3 Å². The molecule has 14 heteroatoms. The van der Waals surface area contributed by atoms with E-state index in [0.29, 0.717) is 12.8 Å². The van der Waals surface area contributed by atoms with Gasteiger partial charge in [-0.2, -0.15) is 52.7 Å². The molecule has 0 fully saturated rings. The van der Waals surface area contributed by atoms with Gasteiger partial charge in [0.25, 0.3) is 12.2 Å². The largest absolute Gasteiger partial charge is 0.423 e. The van der Waals surface area contributed by atoms with Gasteiger partial charge in [0.15, 0.2) is 5.79 Å². The highest BCUT2D eigenvalue weighted by molar-refractivity contribution is 4.86. The molecule has 0 aliphatic rings. The summed E-state index contributed by atoms with van der Waals surface area (Å²) in [7, 11) is 0. The van der Waals surface area contributed by atoms with E-state index in [1.807, 2.05) is 6.92 Å². The number of rotatable bonds is 12. The van der Waals surface area contributed by atoms with Crippen molar-refractivity contribution in [1.82, 2.24) is 0 Å². The van der Waals surface area contributed by atoms with Crippen molar-refractivity contribution in [2.24, 2.45) is 5.92 Å². The van der Waals surface area contributed by atoms with Gasteiger partial charge in [-0.1, -0.05) is 52.4 Å². The topological polar surface area (TPSA) is 18.5 Å². The Morgan fingerprint density at radius 3 is 1.19 bits per heavy atom. The highest BCUT2D eigenvalue weighted by Gasteiger charge is 2.64. The molecule has 0 aromatic carbocycles. The molecule has 0 bridgehead atoms. The predicted octanol–water partition coefficient (Wildman–Crippen LogP) is 8.11. The van der Waals surface area contributed by atoms with Crippen molar-refractivity contribution in [3.63, 3.8) is 0 Å². The van der Waals surface area contributed by atoms with E-state index < -0.39 is 48.6 Å². The van der Waals surface area contributed by atoms with Gasteiger partial charge < -0.3 is 9.47 Å². The van der Waals surface area contributed by atoms with Gasteiger partial charge in [0.2, 0.25) is 0 Å². The molecule has 0 N–H and O–H groups in total. The minimum absolute atomic E-state index is 0.124. The van der Waals surface area contributed by atoms with Crippen LogP contribution in [-0.4, -0.2) is 42.7 Å². The van der Waals surface area contributed by atoms with Gasteiger partial charge in [-0.15, -0.1) is 0 Å². The van der Waals surface area contributed by atoms with E-state index in [2.05, 4.69) is 9.47 Å². The number of halogens is 12. The lowest BCUT2D eigenvalue weighted by Crippen LogP contribution is -2.57. The Bertz CT molecular complexity index is 474. The van der Waals surface area contributed by atoms with E-state index >= 15 is 0 Å². The van der Waals surface area contributed by atoms with Crippen LogP contribution in [0.25, 0.3) is 0 Å². The third-order valence-electron chi connectivity index (χ3n) is 4.78. The van der Waals surface area contributed by atoms with Crippen LogP contribution in [0.1, 0.15) is 65.7 Å². The summed E-state index contributed by atoms with van der Waals surface area (Å²) in [6, 6.07) is 0. The lowest BCUT2D eigenvalue weighted by molar-refractivity contribution is -0.428. The zero-order valence-corrected chi connectivity index (χ0v) is 17.5. The second-order valence-corrected chi connectivity index (χ2v) is 7.64. The van der Waals surface area contributed by atoms with Crippen LogP contribution in [-0.2, 0) is 9.47 Å². The molecule has 0 saturated carbocycles. The molecule has 0 amide bonds. The third-order valence-corrected chi connectivity index (χ3v) is 4.78.